The molecule has 0 saturated heterocycles. The summed E-state index contributed by atoms with van der Waals surface area (Å²) in [5.74, 6) is 0. The highest BCUT2D eigenvalue weighted by molar-refractivity contribution is 5.85. The second-order valence-corrected chi connectivity index (χ2v) is 1.73. The zero-order valence-electron chi connectivity index (χ0n) is 6.16. The van der Waals surface area contributed by atoms with Crippen molar-refractivity contribution in [3.63, 3.8) is 0 Å². The van der Waals surface area contributed by atoms with E-state index in [-0.39, 0.29) is 18.6 Å². The minimum atomic E-state index is 0. The van der Waals surface area contributed by atoms with E-state index in [9.17, 15) is 0 Å². The molecule has 1 rings (SSSR count). The van der Waals surface area contributed by atoms with Crippen LogP contribution in [0.3, 0.4) is 0 Å². The van der Waals surface area contributed by atoms with Crippen molar-refractivity contribution in [1.82, 2.24) is 16.1 Å². The van der Waals surface area contributed by atoms with Crippen LogP contribution in [-0.2, 0) is 0 Å². The van der Waals surface area contributed by atoms with Gasteiger partial charge in [-0.1, -0.05) is 0 Å². The van der Waals surface area contributed by atoms with Gasteiger partial charge in [-0.15, -0.1) is 12.4 Å². The van der Waals surface area contributed by atoms with Crippen LogP contribution >= 0.6 is 12.4 Å². The first-order chi connectivity index (χ1) is 3.80. The zero-order chi connectivity index (χ0) is 5.98. The van der Waals surface area contributed by atoms with Gasteiger partial charge < -0.3 is 6.15 Å². The molecule has 0 saturated carbocycles. The van der Waals surface area contributed by atoms with Crippen LogP contribution in [0.1, 0.15) is 11.4 Å². The van der Waals surface area contributed by atoms with E-state index in [1.54, 1.807) is 12.4 Å². The molecule has 0 aromatic carbocycles. The van der Waals surface area contributed by atoms with Crippen molar-refractivity contribution in [3.8, 4) is 0 Å². The maximum Gasteiger partial charge on any atom is 0.0584 e. The summed E-state index contributed by atoms with van der Waals surface area (Å²) in [4.78, 5) is 8.03. The third-order valence-corrected chi connectivity index (χ3v) is 1.13. The first-order valence-electron chi connectivity index (χ1n) is 2.55. The monoisotopic (exact) mass is 161 g/mol. The number of halogens is 1. The molecule has 10 heavy (non-hydrogen) atoms. The number of aryl methyl sites for hydroxylation is 2. The van der Waals surface area contributed by atoms with Crippen LogP contribution in [0.15, 0.2) is 12.4 Å². The lowest BCUT2D eigenvalue weighted by atomic mass is 10.4. The van der Waals surface area contributed by atoms with Crippen molar-refractivity contribution in [2.45, 2.75) is 13.8 Å². The molecule has 1 heterocycles. The first kappa shape index (κ1) is 12.0. The van der Waals surface area contributed by atoms with Gasteiger partial charge in [0.25, 0.3) is 0 Å². The van der Waals surface area contributed by atoms with Gasteiger partial charge in [0, 0.05) is 12.4 Å². The van der Waals surface area contributed by atoms with Gasteiger partial charge in [-0.25, -0.2) is 0 Å². The van der Waals surface area contributed by atoms with Crippen LogP contribution in [-0.4, -0.2) is 9.97 Å². The molecular formula is C6H12ClN3. The standard InChI is InChI=1S/C6H8N2.ClH.H3N/c1-5-6(2)8-4-3-7-5;;/h3-4H,1-2H3;1H;1H3. The molecule has 3 nitrogen and oxygen atoms in total. The van der Waals surface area contributed by atoms with E-state index >= 15 is 0 Å². The molecule has 0 fully saturated rings. The van der Waals surface area contributed by atoms with E-state index in [1.165, 1.54) is 0 Å². The number of hydrogen-bond acceptors (Lipinski definition) is 3. The van der Waals surface area contributed by atoms with Crippen LogP contribution in [0, 0.1) is 13.8 Å². The predicted molar refractivity (Wildman–Crippen MR) is 43.8 cm³/mol. The maximum absolute atomic E-state index is 4.02. The third kappa shape index (κ3) is 2.75. The molecule has 4 heteroatoms. The van der Waals surface area contributed by atoms with Crippen LogP contribution in [0.2, 0.25) is 0 Å². The summed E-state index contributed by atoms with van der Waals surface area (Å²) in [6.07, 6.45) is 3.39. The Bertz CT molecular complexity index is 169. The van der Waals surface area contributed by atoms with Gasteiger partial charge >= 0.3 is 0 Å². The van der Waals surface area contributed by atoms with Crippen molar-refractivity contribution in [1.29, 1.82) is 0 Å². The highest BCUT2D eigenvalue weighted by atomic mass is 35.5. The summed E-state index contributed by atoms with van der Waals surface area (Å²) in [5, 5.41) is 0. The fraction of sp³-hybridized carbons (Fsp3) is 0.333. The van der Waals surface area contributed by atoms with Crippen LogP contribution in [0.5, 0.6) is 0 Å². The number of hydrogen-bond donors (Lipinski definition) is 1. The number of nitrogens with zero attached hydrogens (tertiary/aromatic N) is 2. The summed E-state index contributed by atoms with van der Waals surface area (Å²) in [6, 6.07) is 0. The number of rotatable bonds is 0. The quantitative estimate of drug-likeness (QED) is 0.630. The molecule has 0 radical (unpaired) electrons. The normalized spacial score (nSPS) is 7.40. The Kier molecular flexibility index (Phi) is 6.20. The van der Waals surface area contributed by atoms with Crippen LogP contribution in [0.25, 0.3) is 0 Å². The van der Waals surface area contributed by atoms with Gasteiger partial charge in [0.2, 0.25) is 0 Å². The molecule has 58 valence electrons. The summed E-state index contributed by atoms with van der Waals surface area (Å²) >= 11 is 0. The Hall–Kier alpha value is -0.670. The van der Waals surface area contributed by atoms with Gasteiger partial charge in [-0.3, -0.25) is 9.97 Å². The van der Waals surface area contributed by atoms with Crippen molar-refractivity contribution >= 4 is 12.4 Å². The molecule has 0 amide bonds. The summed E-state index contributed by atoms with van der Waals surface area (Å²) in [5.41, 5.74) is 2.01. The smallest absolute Gasteiger partial charge is 0.0584 e. The van der Waals surface area contributed by atoms with Gasteiger partial charge in [0.1, 0.15) is 0 Å². The van der Waals surface area contributed by atoms with E-state index < -0.39 is 0 Å². The molecule has 1 aromatic rings. The van der Waals surface area contributed by atoms with Crippen molar-refractivity contribution in [3.05, 3.63) is 23.8 Å². The van der Waals surface area contributed by atoms with E-state index in [0.717, 1.165) is 11.4 Å². The Labute approximate surface area is 66.9 Å². The zero-order valence-corrected chi connectivity index (χ0v) is 6.98. The van der Waals surface area contributed by atoms with Crippen LogP contribution < -0.4 is 6.15 Å². The summed E-state index contributed by atoms with van der Waals surface area (Å²) in [7, 11) is 0. The van der Waals surface area contributed by atoms with Crippen molar-refractivity contribution in [2.24, 2.45) is 0 Å². The number of aromatic nitrogens is 2. The Morgan fingerprint density at radius 3 is 1.50 bits per heavy atom. The van der Waals surface area contributed by atoms with Gasteiger partial charge in [-0.05, 0) is 13.8 Å². The molecule has 0 bridgehead atoms. The first-order valence-corrected chi connectivity index (χ1v) is 2.55. The maximum atomic E-state index is 4.02. The SMILES string of the molecule is Cc1nccnc1C.Cl.N. The second kappa shape index (κ2) is 5.14. The molecule has 3 N–H and O–H groups in total. The van der Waals surface area contributed by atoms with Crippen molar-refractivity contribution < 1.29 is 0 Å². The van der Waals surface area contributed by atoms with Gasteiger partial charge in [0.05, 0.1) is 11.4 Å². The predicted octanol–water partition coefficient (Wildman–Crippen LogP) is 1.68. The van der Waals surface area contributed by atoms with Crippen molar-refractivity contribution in [2.75, 3.05) is 0 Å². The molecule has 0 spiro atoms. The molecular weight excluding hydrogens is 150 g/mol. The van der Waals surface area contributed by atoms with Crippen LogP contribution in [0.4, 0.5) is 0 Å². The fourth-order valence-electron chi connectivity index (χ4n) is 0.477. The topological polar surface area (TPSA) is 60.8 Å². The van der Waals surface area contributed by atoms with Gasteiger partial charge in [-0.2, -0.15) is 0 Å². The molecule has 0 aliphatic carbocycles. The Balaban J connectivity index is 0. The van der Waals surface area contributed by atoms with E-state index in [0.29, 0.717) is 0 Å². The highest BCUT2D eigenvalue weighted by Gasteiger charge is 1.87. The van der Waals surface area contributed by atoms with E-state index in [4.69, 9.17) is 0 Å². The minimum Gasteiger partial charge on any atom is -0.344 e. The lowest BCUT2D eigenvalue weighted by Gasteiger charge is -1.91. The summed E-state index contributed by atoms with van der Waals surface area (Å²) < 4.78 is 0. The summed E-state index contributed by atoms with van der Waals surface area (Å²) in [6.45, 7) is 3.89. The molecule has 0 aliphatic heterocycles. The third-order valence-electron chi connectivity index (χ3n) is 1.13. The Morgan fingerprint density at radius 1 is 1.00 bits per heavy atom. The van der Waals surface area contributed by atoms with E-state index in [1.807, 2.05) is 13.8 Å². The fourth-order valence-corrected chi connectivity index (χ4v) is 0.477. The molecule has 0 aliphatic rings. The van der Waals surface area contributed by atoms with E-state index in [2.05, 4.69) is 9.97 Å². The van der Waals surface area contributed by atoms with Gasteiger partial charge in [0.15, 0.2) is 0 Å². The average Bonchev–Trinajstić information content (AvgIpc) is 1.77. The lowest BCUT2D eigenvalue weighted by Crippen LogP contribution is -1.87. The second-order valence-electron chi connectivity index (χ2n) is 1.73. The Morgan fingerprint density at radius 2 is 1.30 bits per heavy atom. The largest absolute Gasteiger partial charge is 0.344 e. The molecule has 0 unspecified atom stereocenters. The minimum absolute atomic E-state index is 0. The lowest BCUT2D eigenvalue weighted by molar-refractivity contribution is 1.05. The average molecular weight is 162 g/mol. The highest BCUT2D eigenvalue weighted by Crippen LogP contribution is 1.93. The molecule has 0 atom stereocenters. The molecule has 1 aromatic heterocycles.